The lowest BCUT2D eigenvalue weighted by molar-refractivity contribution is 0.320. The molecule has 29 heavy (non-hydrogen) atoms. The molecular weight excluding hydrogens is 479 g/mol. The summed E-state index contributed by atoms with van der Waals surface area (Å²) in [6, 6.07) is 16.1. The number of ether oxygens (including phenoxy) is 1. The summed E-state index contributed by atoms with van der Waals surface area (Å²) in [5.41, 5.74) is 4.11. The van der Waals surface area contributed by atoms with Gasteiger partial charge in [0.15, 0.2) is 5.96 Å². The first kappa shape index (κ1) is 22.7. The van der Waals surface area contributed by atoms with Crippen molar-refractivity contribution in [1.29, 1.82) is 0 Å². The van der Waals surface area contributed by atoms with E-state index in [4.69, 9.17) is 9.15 Å². The summed E-state index contributed by atoms with van der Waals surface area (Å²) in [5, 5.41) is 6.46. The van der Waals surface area contributed by atoms with Gasteiger partial charge < -0.3 is 19.8 Å². The number of hydrogen-bond acceptors (Lipinski definition) is 4. The Morgan fingerprint density at radius 2 is 1.83 bits per heavy atom. The van der Waals surface area contributed by atoms with Gasteiger partial charge in [-0.2, -0.15) is 0 Å². The zero-order chi connectivity index (χ0) is 19.8. The third kappa shape index (κ3) is 6.77. The monoisotopic (exact) mass is 506 g/mol. The Morgan fingerprint density at radius 1 is 1.07 bits per heavy atom. The van der Waals surface area contributed by atoms with E-state index >= 15 is 0 Å². The van der Waals surface area contributed by atoms with Crippen LogP contribution in [0.3, 0.4) is 0 Å². The predicted octanol–water partition coefficient (Wildman–Crippen LogP) is 4.32. The molecular formula is C22H27IN4O2. The molecule has 1 heterocycles. The fourth-order valence-corrected chi connectivity index (χ4v) is 2.66. The predicted molar refractivity (Wildman–Crippen MR) is 127 cm³/mol. The van der Waals surface area contributed by atoms with Gasteiger partial charge in [-0.1, -0.05) is 35.9 Å². The lowest BCUT2D eigenvalue weighted by Gasteiger charge is -2.12. The Kier molecular flexibility index (Phi) is 8.98. The van der Waals surface area contributed by atoms with Crippen LogP contribution in [-0.2, 0) is 6.54 Å². The largest absolute Gasteiger partial charge is 0.491 e. The number of aliphatic imine (C=N–C) groups is 1. The number of nitrogens with one attached hydrogen (secondary N) is 2. The highest BCUT2D eigenvalue weighted by atomic mass is 127. The minimum absolute atomic E-state index is 0. The number of benzene rings is 2. The summed E-state index contributed by atoms with van der Waals surface area (Å²) < 4.78 is 11.4. The topological polar surface area (TPSA) is 71.7 Å². The van der Waals surface area contributed by atoms with E-state index in [1.54, 1.807) is 13.3 Å². The maximum Gasteiger partial charge on any atom is 0.226 e. The quantitative estimate of drug-likeness (QED) is 0.216. The van der Waals surface area contributed by atoms with Crippen molar-refractivity contribution in [2.45, 2.75) is 20.4 Å². The second-order valence-corrected chi connectivity index (χ2v) is 6.48. The summed E-state index contributed by atoms with van der Waals surface area (Å²) >= 11 is 0. The van der Waals surface area contributed by atoms with Crippen LogP contribution < -0.4 is 15.4 Å². The van der Waals surface area contributed by atoms with Crippen molar-refractivity contribution in [1.82, 2.24) is 15.6 Å². The van der Waals surface area contributed by atoms with Gasteiger partial charge in [-0.3, -0.25) is 4.99 Å². The Labute approximate surface area is 188 Å². The average molecular weight is 506 g/mol. The van der Waals surface area contributed by atoms with Crippen LogP contribution in [0.5, 0.6) is 5.75 Å². The number of oxazole rings is 1. The standard InChI is InChI=1S/C22H26N4O2.HI/c1-16-8-10-18(11-9-16)21-26-19(15-28-21)14-25-22(23-3)24-12-13-27-20-7-5-4-6-17(20)2;/h4-11,15H,12-14H2,1-3H3,(H2,23,24,25);1H. The normalized spacial score (nSPS) is 10.9. The fourth-order valence-electron chi connectivity index (χ4n) is 2.66. The Morgan fingerprint density at radius 3 is 2.55 bits per heavy atom. The van der Waals surface area contributed by atoms with E-state index in [2.05, 4.69) is 27.5 Å². The average Bonchev–Trinajstić information content (AvgIpc) is 3.18. The van der Waals surface area contributed by atoms with E-state index < -0.39 is 0 Å². The van der Waals surface area contributed by atoms with Crippen molar-refractivity contribution in [2.75, 3.05) is 20.2 Å². The fraction of sp³-hybridized carbons (Fsp3) is 0.273. The van der Waals surface area contributed by atoms with Gasteiger partial charge in [0.2, 0.25) is 5.89 Å². The molecule has 0 radical (unpaired) electrons. The summed E-state index contributed by atoms with van der Waals surface area (Å²) in [4.78, 5) is 8.75. The van der Waals surface area contributed by atoms with Crippen LogP contribution in [0.15, 0.2) is 64.2 Å². The smallest absolute Gasteiger partial charge is 0.226 e. The molecule has 2 aromatic carbocycles. The van der Waals surface area contributed by atoms with Crippen LogP contribution in [-0.4, -0.2) is 31.1 Å². The summed E-state index contributed by atoms with van der Waals surface area (Å²) in [6.45, 7) is 5.80. The third-order valence-corrected chi connectivity index (χ3v) is 4.26. The van der Waals surface area contributed by atoms with E-state index in [9.17, 15) is 0 Å². The second-order valence-electron chi connectivity index (χ2n) is 6.48. The van der Waals surface area contributed by atoms with Crippen molar-refractivity contribution < 1.29 is 9.15 Å². The molecule has 0 atom stereocenters. The molecule has 7 heteroatoms. The zero-order valence-electron chi connectivity index (χ0n) is 16.9. The van der Waals surface area contributed by atoms with Gasteiger partial charge >= 0.3 is 0 Å². The molecule has 3 aromatic rings. The molecule has 0 saturated heterocycles. The Bertz CT molecular complexity index is 923. The van der Waals surface area contributed by atoms with Crippen molar-refractivity contribution in [3.8, 4) is 17.2 Å². The zero-order valence-corrected chi connectivity index (χ0v) is 19.3. The van der Waals surface area contributed by atoms with Crippen LogP contribution in [0.1, 0.15) is 16.8 Å². The SMILES string of the molecule is CN=C(NCCOc1ccccc1C)NCc1coc(-c2ccc(C)cc2)n1.I. The van der Waals surface area contributed by atoms with Crippen LogP contribution >= 0.6 is 24.0 Å². The highest BCUT2D eigenvalue weighted by Gasteiger charge is 2.07. The number of aromatic nitrogens is 1. The highest BCUT2D eigenvalue weighted by molar-refractivity contribution is 14.0. The van der Waals surface area contributed by atoms with Gasteiger partial charge in [0.05, 0.1) is 18.8 Å². The number of hydrogen-bond donors (Lipinski definition) is 2. The van der Waals surface area contributed by atoms with Crippen molar-refractivity contribution >= 4 is 29.9 Å². The molecule has 0 spiro atoms. The number of guanidine groups is 1. The van der Waals surface area contributed by atoms with Gasteiger partial charge in [-0.15, -0.1) is 24.0 Å². The molecule has 6 nitrogen and oxygen atoms in total. The molecule has 3 rings (SSSR count). The van der Waals surface area contributed by atoms with E-state index in [1.165, 1.54) is 5.56 Å². The number of halogens is 1. The minimum Gasteiger partial charge on any atom is -0.491 e. The number of aryl methyl sites for hydroxylation is 2. The molecule has 0 unspecified atom stereocenters. The lowest BCUT2D eigenvalue weighted by Crippen LogP contribution is -2.38. The van der Waals surface area contributed by atoms with E-state index in [1.807, 2.05) is 55.5 Å². The van der Waals surface area contributed by atoms with Gasteiger partial charge in [-0.25, -0.2) is 4.98 Å². The van der Waals surface area contributed by atoms with E-state index in [0.717, 1.165) is 22.6 Å². The van der Waals surface area contributed by atoms with Crippen molar-refractivity contribution in [3.05, 3.63) is 71.6 Å². The van der Waals surface area contributed by atoms with Gasteiger partial charge in [-0.05, 0) is 37.6 Å². The van der Waals surface area contributed by atoms with Crippen molar-refractivity contribution in [2.24, 2.45) is 4.99 Å². The molecule has 0 fully saturated rings. The molecule has 2 N–H and O–H groups in total. The van der Waals surface area contributed by atoms with Crippen molar-refractivity contribution in [3.63, 3.8) is 0 Å². The maximum atomic E-state index is 5.78. The Hall–Kier alpha value is -2.55. The van der Waals surface area contributed by atoms with E-state index in [-0.39, 0.29) is 24.0 Å². The first-order valence-electron chi connectivity index (χ1n) is 9.30. The number of para-hydroxylation sites is 1. The van der Waals surface area contributed by atoms with Crippen LogP contribution in [0, 0.1) is 13.8 Å². The molecule has 0 amide bonds. The maximum absolute atomic E-state index is 5.78. The molecule has 0 saturated carbocycles. The van der Waals surface area contributed by atoms with Crippen LogP contribution in [0.4, 0.5) is 0 Å². The number of nitrogens with zero attached hydrogens (tertiary/aromatic N) is 2. The molecule has 0 aliphatic carbocycles. The highest BCUT2D eigenvalue weighted by Crippen LogP contribution is 2.19. The van der Waals surface area contributed by atoms with Crippen LogP contribution in [0.2, 0.25) is 0 Å². The first-order chi connectivity index (χ1) is 13.7. The Balaban J connectivity index is 0.00000300. The van der Waals surface area contributed by atoms with Gasteiger partial charge in [0, 0.05) is 12.6 Å². The van der Waals surface area contributed by atoms with Crippen LogP contribution in [0.25, 0.3) is 11.5 Å². The molecule has 0 bridgehead atoms. The molecule has 154 valence electrons. The molecule has 1 aromatic heterocycles. The summed E-state index contributed by atoms with van der Waals surface area (Å²) in [7, 11) is 1.73. The molecule has 0 aliphatic heterocycles. The second kappa shape index (κ2) is 11.5. The first-order valence-corrected chi connectivity index (χ1v) is 9.30. The van der Waals surface area contributed by atoms with Gasteiger partial charge in [0.1, 0.15) is 18.6 Å². The minimum atomic E-state index is 0. The van der Waals surface area contributed by atoms with Gasteiger partial charge in [0.25, 0.3) is 0 Å². The number of rotatable bonds is 7. The summed E-state index contributed by atoms with van der Waals surface area (Å²) in [6.07, 6.45) is 1.66. The molecule has 0 aliphatic rings. The lowest BCUT2D eigenvalue weighted by atomic mass is 10.1. The van der Waals surface area contributed by atoms with E-state index in [0.29, 0.717) is 31.5 Å². The summed E-state index contributed by atoms with van der Waals surface area (Å²) in [5.74, 6) is 2.21. The third-order valence-electron chi connectivity index (χ3n) is 4.26.